The highest BCUT2D eigenvalue weighted by molar-refractivity contribution is 5.76. The lowest BCUT2D eigenvalue weighted by atomic mass is 10.00. The predicted octanol–water partition coefficient (Wildman–Crippen LogP) is 1.67. The van der Waals surface area contributed by atoms with Gasteiger partial charge in [0.2, 0.25) is 0 Å². The molecule has 1 N–H and O–H groups in total. The SMILES string of the molecule is CCN(CCC#N)C(=O)N1CCCCC1CC(=O)O. The van der Waals surface area contributed by atoms with E-state index in [4.69, 9.17) is 10.4 Å². The van der Waals surface area contributed by atoms with E-state index >= 15 is 0 Å². The van der Waals surface area contributed by atoms with Crippen molar-refractivity contribution >= 4 is 12.0 Å². The lowest BCUT2D eigenvalue weighted by Crippen LogP contribution is -2.51. The number of nitrogens with zero attached hydrogens (tertiary/aromatic N) is 3. The molecule has 0 saturated carbocycles. The topological polar surface area (TPSA) is 84.6 Å². The molecule has 0 aromatic carbocycles. The molecule has 0 aromatic rings. The average Bonchev–Trinajstić information content (AvgIpc) is 2.39. The van der Waals surface area contributed by atoms with Crippen molar-refractivity contribution in [3.8, 4) is 6.07 Å². The minimum Gasteiger partial charge on any atom is -0.481 e. The van der Waals surface area contributed by atoms with Gasteiger partial charge in [0.25, 0.3) is 0 Å². The molecule has 1 rings (SSSR count). The number of aliphatic carboxylic acids is 1. The zero-order valence-electron chi connectivity index (χ0n) is 11.3. The monoisotopic (exact) mass is 267 g/mol. The van der Waals surface area contributed by atoms with Crippen molar-refractivity contribution in [1.82, 2.24) is 9.80 Å². The van der Waals surface area contributed by atoms with Crippen LogP contribution in [0.2, 0.25) is 0 Å². The lowest BCUT2D eigenvalue weighted by molar-refractivity contribution is -0.138. The number of nitriles is 1. The highest BCUT2D eigenvalue weighted by Gasteiger charge is 2.30. The molecule has 1 heterocycles. The standard InChI is InChI=1S/C13H21N3O3/c1-2-15(8-5-7-14)13(19)16-9-4-3-6-11(16)10-12(17)18/h11H,2-6,8-10H2,1H3,(H,17,18). The van der Waals surface area contributed by atoms with Crippen molar-refractivity contribution in [2.75, 3.05) is 19.6 Å². The Labute approximate surface area is 113 Å². The molecule has 6 nitrogen and oxygen atoms in total. The third-order valence-corrected chi connectivity index (χ3v) is 3.43. The number of piperidine rings is 1. The van der Waals surface area contributed by atoms with Crippen LogP contribution in [0.3, 0.4) is 0 Å². The molecule has 106 valence electrons. The van der Waals surface area contributed by atoms with E-state index < -0.39 is 5.97 Å². The summed E-state index contributed by atoms with van der Waals surface area (Å²) in [6.45, 7) is 3.42. The van der Waals surface area contributed by atoms with Gasteiger partial charge in [0, 0.05) is 25.7 Å². The summed E-state index contributed by atoms with van der Waals surface area (Å²) in [6, 6.07) is 1.68. The van der Waals surface area contributed by atoms with Gasteiger partial charge in [0.05, 0.1) is 18.9 Å². The fraction of sp³-hybridized carbons (Fsp3) is 0.769. The van der Waals surface area contributed by atoms with Gasteiger partial charge in [0.15, 0.2) is 0 Å². The van der Waals surface area contributed by atoms with E-state index in [0.29, 0.717) is 26.1 Å². The van der Waals surface area contributed by atoms with Crippen molar-refractivity contribution in [3.05, 3.63) is 0 Å². The normalized spacial score (nSPS) is 18.7. The Kier molecular flexibility index (Phi) is 6.13. The van der Waals surface area contributed by atoms with Crippen LogP contribution in [-0.2, 0) is 4.79 Å². The lowest BCUT2D eigenvalue weighted by Gasteiger charge is -2.38. The number of likely N-dealkylation sites (tertiary alicyclic amines) is 1. The van der Waals surface area contributed by atoms with E-state index in [1.807, 2.05) is 13.0 Å². The van der Waals surface area contributed by atoms with E-state index in [9.17, 15) is 9.59 Å². The minimum absolute atomic E-state index is 0.00153. The quantitative estimate of drug-likeness (QED) is 0.821. The van der Waals surface area contributed by atoms with E-state index in [0.717, 1.165) is 19.3 Å². The summed E-state index contributed by atoms with van der Waals surface area (Å²) in [6.07, 6.45) is 2.93. The predicted molar refractivity (Wildman–Crippen MR) is 69.5 cm³/mol. The maximum absolute atomic E-state index is 12.4. The van der Waals surface area contributed by atoms with Crippen molar-refractivity contribution < 1.29 is 14.7 Å². The molecule has 6 heteroatoms. The molecule has 0 radical (unpaired) electrons. The maximum atomic E-state index is 12.4. The van der Waals surface area contributed by atoms with Gasteiger partial charge in [-0.25, -0.2) is 4.79 Å². The van der Waals surface area contributed by atoms with Gasteiger partial charge in [-0.1, -0.05) is 0 Å². The second-order valence-corrected chi connectivity index (χ2v) is 4.71. The Balaban J connectivity index is 2.69. The Morgan fingerprint density at radius 3 is 2.79 bits per heavy atom. The fourth-order valence-electron chi connectivity index (χ4n) is 2.42. The van der Waals surface area contributed by atoms with Crippen LogP contribution in [0.25, 0.3) is 0 Å². The highest BCUT2D eigenvalue weighted by atomic mass is 16.4. The van der Waals surface area contributed by atoms with Crippen molar-refractivity contribution in [2.45, 2.75) is 45.1 Å². The molecule has 19 heavy (non-hydrogen) atoms. The zero-order chi connectivity index (χ0) is 14.3. The van der Waals surface area contributed by atoms with Gasteiger partial charge in [0.1, 0.15) is 0 Å². The number of carbonyl (C=O) groups is 2. The molecule has 1 aliphatic heterocycles. The second-order valence-electron chi connectivity index (χ2n) is 4.71. The zero-order valence-corrected chi connectivity index (χ0v) is 11.3. The van der Waals surface area contributed by atoms with E-state index in [1.54, 1.807) is 9.80 Å². The molecule has 0 aromatic heterocycles. The number of urea groups is 1. The first-order chi connectivity index (χ1) is 9.10. The van der Waals surface area contributed by atoms with E-state index in [1.165, 1.54) is 0 Å². The molecule has 0 aliphatic carbocycles. The first-order valence-electron chi connectivity index (χ1n) is 6.74. The first-order valence-corrected chi connectivity index (χ1v) is 6.74. The minimum atomic E-state index is -0.871. The average molecular weight is 267 g/mol. The summed E-state index contributed by atoms with van der Waals surface area (Å²) < 4.78 is 0. The Hall–Kier alpha value is -1.77. The van der Waals surface area contributed by atoms with Crippen LogP contribution < -0.4 is 0 Å². The Morgan fingerprint density at radius 2 is 2.21 bits per heavy atom. The van der Waals surface area contributed by atoms with Crippen LogP contribution in [0.15, 0.2) is 0 Å². The van der Waals surface area contributed by atoms with Gasteiger partial charge < -0.3 is 14.9 Å². The molecular formula is C13H21N3O3. The summed E-state index contributed by atoms with van der Waals surface area (Å²) >= 11 is 0. The molecule has 1 unspecified atom stereocenters. The maximum Gasteiger partial charge on any atom is 0.320 e. The van der Waals surface area contributed by atoms with Crippen LogP contribution in [0, 0.1) is 11.3 Å². The van der Waals surface area contributed by atoms with Gasteiger partial charge in [-0.05, 0) is 26.2 Å². The number of rotatable bonds is 5. The van der Waals surface area contributed by atoms with Gasteiger partial charge >= 0.3 is 12.0 Å². The smallest absolute Gasteiger partial charge is 0.320 e. The molecule has 1 atom stereocenters. The second kappa shape index (κ2) is 7.62. The summed E-state index contributed by atoms with van der Waals surface area (Å²) in [5.74, 6) is -0.871. The largest absolute Gasteiger partial charge is 0.481 e. The number of carboxylic acid groups (broad SMARTS) is 1. The number of carbonyl (C=O) groups excluding carboxylic acids is 1. The van der Waals surface area contributed by atoms with Gasteiger partial charge in [-0.15, -0.1) is 0 Å². The molecule has 1 saturated heterocycles. The molecule has 0 spiro atoms. The van der Waals surface area contributed by atoms with Crippen molar-refractivity contribution in [1.29, 1.82) is 5.26 Å². The number of hydrogen-bond donors (Lipinski definition) is 1. The number of amides is 2. The summed E-state index contributed by atoms with van der Waals surface area (Å²) in [4.78, 5) is 26.5. The first kappa shape index (κ1) is 15.3. The van der Waals surface area contributed by atoms with E-state index in [-0.39, 0.29) is 18.5 Å². The molecule has 1 aliphatic rings. The van der Waals surface area contributed by atoms with Gasteiger partial charge in [-0.3, -0.25) is 4.79 Å². The third kappa shape index (κ3) is 4.43. The molecular weight excluding hydrogens is 246 g/mol. The molecule has 2 amide bonds. The third-order valence-electron chi connectivity index (χ3n) is 3.43. The molecule has 0 bridgehead atoms. The Bertz CT molecular complexity index is 365. The van der Waals surface area contributed by atoms with Crippen LogP contribution in [0.4, 0.5) is 4.79 Å². The van der Waals surface area contributed by atoms with E-state index in [2.05, 4.69) is 0 Å². The highest BCUT2D eigenvalue weighted by Crippen LogP contribution is 2.21. The number of carboxylic acids is 1. The number of hydrogen-bond acceptors (Lipinski definition) is 3. The van der Waals surface area contributed by atoms with Crippen LogP contribution in [-0.4, -0.2) is 52.6 Å². The Morgan fingerprint density at radius 1 is 1.47 bits per heavy atom. The van der Waals surface area contributed by atoms with Crippen molar-refractivity contribution in [2.24, 2.45) is 0 Å². The van der Waals surface area contributed by atoms with Crippen LogP contribution in [0.1, 0.15) is 39.0 Å². The summed E-state index contributed by atoms with van der Waals surface area (Å²) in [7, 11) is 0. The summed E-state index contributed by atoms with van der Waals surface area (Å²) in [5, 5.41) is 17.5. The van der Waals surface area contributed by atoms with Crippen LogP contribution in [0.5, 0.6) is 0 Å². The van der Waals surface area contributed by atoms with Crippen LogP contribution >= 0.6 is 0 Å². The van der Waals surface area contributed by atoms with Crippen molar-refractivity contribution in [3.63, 3.8) is 0 Å². The van der Waals surface area contributed by atoms with Gasteiger partial charge in [-0.2, -0.15) is 5.26 Å². The molecule has 1 fully saturated rings. The summed E-state index contributed by atoms with van der Waals surface area (Å²) in [5.41, 5.74) is 0. The fourth-order valence-corrected chi connectivity index (χ4v) is 2.42.